The highest BCUT2D eigenvalue weighted by Crippen LogP contribution is 2.34. The van der Waals surface area contributed by atoms with E-state index in [1.165, 1.54) is 48.0 Å². The SMILES string of the molecule is CN1C(=O)[C@@H](NC(=O)c2cc(Oc3ccccc3)ccc2F)CSc2ccc(F)cc21. The zero-order valence-electron chi connectivity index (χ0n) is 16.5. The maximum Gasteiger partial charge on any atom is 0.255 e. The summed E-state index contributed by atoms with van der Waals surface area (Å²) in [6, 6.07) is 16.0. The van der Waals surface area contributed by atoms with Crippen LogP contribution in [0.1, 0.15) is 10.4 Å². The summed E-state index contributed by atoms with van der Waals surface area (Å²) in [6.45, 7) is 0. The van der Waals surface area contributed by atoms with Gasteiger partial charge in [0, 0.05) is 17.7 Å². The number of fused-ring (bicyclic) bond motifs is 1. The molecule has 5 nitrogen and oxygen atoms in total. The van der Waals surface area contributed by atoms with Gasteiger partial charge in [0.05, 0.1) is 11.3 Å². The Morgan fingerprint density at radius 2 is 1.84 bits per heavy atom. The number of carbonyl (C=O) groups is 2. The first kappa shape index (κ1) is 20.9. The molecule has 0 aliphatic carbocycles. The lowest BCUT2D eigenvalue weighted by Gasteiger charge is -2.21. The quantitative estimate of drug-likeness (QED) is 0.643. The number of anilines is 1. The Bertz CT molecular complexity index is 1140. The maximum atomic E-state index is 14.4. The van der Waals surface area contributed by atoms with Crippen molar-refractivity contribution in [1.29, 1.82) is 0 Å². The maximum absolute atomic E-state index is 14.4. The summed E-state index contributed by atoms with van der Waals surface area (Å²) >= 11 is 1.32. The molecule has 0 saturated heterocycles. The molecule has 31 heavy (non-hydrogen) atoms. The minimum Gasteiger partial charge on any atom is -0.457 e. The molecule has 1 aliphatic rings. The zero-order chi connectivity index (χ0) is 22.0. The van der Waals surface area contributed by atoms with E-state index < -0.39 is 29.5 Å². The number of halogens is 2. The van der Waals surface area contributed by atoms with Crippen molar-refractivity contribution >= 4 is 29.3 Å². The highest BCUT2D eigenvalue weighted by molar-refractivity contribution is 7.99. The monoisotopic (exact) mass is 440 g/mol. The third kappa shape index (κ3) is 4.54. The number of likely N-dealkylation sites (N-methyl/N-ethyl adjacent to an activating group) is 1. The van der Waals surface area contributed by atoms with Crippen molar-refractivity contribution in [2.75, 3.05) is 17.7 Å². The number of thioether (sulfide) groups is 1. The van der Waals surface area contributed by atoms with Crippen LogP contribution in [0.2, 0.25) is 0 Å². The Labute approximate surface area is 182 Å². The molecule has 3 aromatic rings. The summed E-state index contributed by atoms with van der Waals surface area (Å²) < 4.78 is 33.7. The first-order valence-electron chi connectivity index (χ1n) is 9.45. The van der Waals surface area contributed by atoms with E-state index in [1.807, 2.05) is 6.07 Å². The number of nitrogens with zero attached hydrogens (tertiary/aromatic N) is 1. The number of para-hydroxylation sites is 1. The highest BCUT2D eigenvalue weighted by atomic mass is 32.2. The Balaban J connectivity index is 1.53. The average molecular weight is 440 g/mol. The zero-order valence-corrected chi connectivity index (χ0v) is 17.3. The lowest BCUT2D eigenvalue weighted by atomic mass is 10.1. The molecule has 8 heteroatoms. The van der Waals surface area contributed by atoms with Crippen LogP contribution < -0.4 is 15.0 Å². The number of benzene rings is 3. The van der Waals surface area contributed by atoms with E-state index in [9.17, 15) is 18.4 Å². The summed E-state index contributed by atoms with van der Waals surface area (Å²) in [7, 11) is 1.51. The molecule has 0 aromatic heterocycles. The fourth-order valence-corrected chi connectivity index (χ4v) is 4.26. The summed E-state index contributed by atoms with van der Waals surface area (Å²) in [5.41, 5.74) is 0.192. The molecule has 0 spiro atoms. The van der Waals surface area contributed by atoms with Crippen LogP contribution in [-0.2, 0) is 4.79 Å². The molecular formula is C23H18F2N2O3S. The summed E-state index contributed by atoms with van der Waals surface area (Å²) in [4.78, 5) is 27.6. The number of nitrogens with one attached hydrogen (secondary N) is 1. The predicted octanol–water partition coefficient (Wildman–Crippen LogP) is 4.62. The van der Waals surface area contributed by atoms with Crippen LogP contribution in [0.5, 0.6) is 11.5 Å². The molecule has 0 fully saturated rings. The lowest BCUT2D eigenvalue weighted by Crippen LogP contribution is -2.48. The Kier molecular flexibility index (Phi) is 5.90. The highest BCUT2D eigenvalue weighted by Gasteiger charge is 2.31. The van der Waals surface area contributed by atoms with Crippen LogP contribution >= 0.6 is 11.8 Å². The van der Waals surface area contributed by atoms with Gasteiger partial charge in [-0.3, -0.25) is 9.59 Å². The van der Waals surface area contributed by atoms with E-state index in [1.54, 1.807) is 30.3 Å². The molecule has 2 amide bonds. The molecule has 1 atom stereocenters. The molecule has 1 N–H and O–H groups in total. The number of carbonyl (C=O) groups excluding carboxylic acids is 2. The standard InChI is InChI=1S/C23H18F2N2O3S/c1-27-20-11-14(24)7-10-21(20)31-13-19(23(27)29)26-22(28)17-12-16(8-9-18(17)25)30-15-5-3-2-4-6-15/h2-12,19H,13H2,1H3,(H,26,28)/t19-/m0/s1. The lowest BCUT2D eigenvalue weighted by molar-refractivity contribution is -0.119. The minimum absolute atomic E-state index is 0.232. The Morgan fingerprint density at radius 1 is 1.06 bits per heavy atom. The van der Waals surface area contributed by atoms with Gasteiger partial charge in [-0.15, -0.1) is 11.8 Å². The van der Waals surface area contributed by atoms with E-state index in [2.05, 4.69) is 5.32 Å². The second-order valence-electron chi connectivity index (χ2n) is 6.90. The van der Waals surface area contributed by atoms with Gasteiger partial charge in [-0.05, 0) is 48.5 Å². The first-order valence-corrected chi connectivity index (χ1v) is 10.4. The number of amides is 2. The smallest absolute Gasteiger partial charge is 0.255 e. The van der Waals surface area contributed by atoms with Gasteiger partial charge in [0.2, 0.25) is 5.91 Å². The van der Waals surface area contributed by atoms with Crippen molar-refractivity contribution < 1.29 is 23.1 Å². The minimum atomic E-state index is -0.906. The van der Waals surface area contributed by atoms with Crippen molar-refractivity contribution in [3.63, 3.8) is 0 Å². The van der Waals surface area contributed by atoms with E-state index in [4.69, 9.17) is 4.74 Å². The van der Waals surface area contributed by atoms with Gasteiger partial charge >= 0.3 is 0 Å². The first-order chi connectivity index (χ1) is 14.9. The van der Waals surface area contributed by atoms with E-state index >= 15 is 0 Å². The fraction of sp³-hybridized carbons (Fsp3) is 0.130. The van der Waals surface area contributed by atoms with Crippen LogP contribution in [0.15, 0.2) is 71.6 Å². The predicted molar refractivity (Wildman–Crippen MR) is 115 cm³/mol. The van der Waals surface area contributed by atoms with Gasteiger partial charge in [0.15, 0.2) is 0 Å². The molecule has 1 aliphatic heterocycles. The molecular weight excluding hydrogens is 422 g/mol. The molecule has 0 saturated carbocycles. The second kappa shape index (κ2) is 8.77. The molecule has 1 heterocycles. The van der Waals surface area contributed by atoms with Gasteiger partial charge in [-0.1, -0.05) is 18.2 Å². The van der Waals surface area contributed by atoms with Gasteiger partial charge in [-0.25, -0.2) is 8.78 Å². The molecule has 158 valence electrons. The van der Waals surface area contributed by atoms with Crippen LogP contribution in [0.3, 0.4) is 0 Å². The Morgan fingerprint density at radius 3 is 2.61 bits per heavy atom. The van der Waals surface area contributed by atoms with Gasteiger partial charge in [-0.2, -0.15) is 0 Å². The van der Waals surface area contributed by atoms with Gasteiger partial charge in [0.1, 0.15) is 29.2 Å². The van der Waals surface area contributed by atoms with Crippen LogP contribution in [-0.4, -0.2) is 30.7 Å². The number of ether oxygens (including phenoxy) is 1. The van der Waals surface area contributed by atoms with Crippen LogP contribution in [0, 0.1) is 11.6 Å². The van der Waals surface area contributed by atoms with E-state index in [-0.39, 0.29) is 11.3 Å². The van der Waals surface area contributed by atoms with Crippen LogP contribution in [0.25, 0.3) is 0 Å². The third-order valence-electron chi connectivity index (χ3n) is 4.78. The third-order valence-corrected chi connectivity index (χ3v) is 5.94. The average Bonchev–Trinajstić information content (AvgIpc) is 2.88. The molecule has 0 unspecified atom stereocenters. The summed E-state index contributed by atoms with van der Waals surface area (Å²) in [5, 5.41) is 2.60. The molecule has 4 rings (SSSR count). The van der Waals surface area contributed by atoms with Crippen molar-refractivity contribution in [2.45, 2.75) is 10.9 Å². The normalized spacial score (nSPS) is 15.8. The number of rotatable bonds is 4. The number of hydrogen-bond donors (Lipinski definition) is 1. The van der Waals surface area contributed by atoms with E-state index in [0.29, 0.717) is 17.2 Å². The topological polar surface area (TPSA) is 58.6 Å². The summed E-state index contributed by atoms with van der Waals surface area (Å²) in [5.74, 6) is -1.27. The van der Waals surface area contributed by atoms with Crippen LogP contribution in [0.4, 0.5) is 14.5 Å². The van der Waals surface area contributed by atoms with Crippen molar-refractivity contribution in [3.8, 4) is 11.5 Å². The van der Waals surface area contributed by atoms with Crippen molar-refractivity contribution in [1.82, 2.24) is 5.32 Å². The largest absolute Gasteiger partial charge is 0.457 e. The van der Waals surface area contributed by atoms with Gasteiger partial charge < -0.3 is 15.0 Å². The van der Waals surface area contributed by atoms with E-state index in [0.717, 1.165) is 11.0 Å². The number of hydrogen-bond acceptors (Lipinski definition) is 4. The fourth-order valence-electron chi connectivity index (χ4n) is 3.18. The molecule has 0 bridgehead atoms. The van der Waals surface area contributed by atoms with Gasteiger partial charge in [0.25, 0.3) is 5.91 Å². The Hall–Kier alpha value is -3.39. The van der Waals surface area contributed by atoms with Crippen molar-refractivity contribution in [3.05, 3.63) is 83.9 Å². The second-order valence-corrected chi connectivity index (χ2v) is 7.96. The van der Waals surface area contributed by atoms with Crippen molar-refractivity contribution in [2.24, 2.45) is 0 Å². The molecule has 0 radical (unpaired) electrons. The molecule has 3 aromatic carbocycles. The summed E-state index contributed by atoms with van der Waals surface area (Å²) in [6.07, 6.45) is 0.